The van der Waals surface area contributed by atoms with Crippen molar-refractivity contribution < 1.29 is 14.6 Å². The number of nitrogens with one attached hydrogen (secondary N) is 2. The van der Waals surface area contributed by atoms with Crippen LogP contribution in [0.2, 0.25) is 0 Å². The number of ether oxygens (including phenoxy) is 1. The van der Waals surface area contributed by atoms with Crippen LogP contribution < -0.4 is 21.8 Å². The minimum atomic E-state index is -1.31. The average Bonchev–Trinajstić information content (AvgIpc) is 2.81. The first-order valence-corrected chi connectivity index (χ1v) is 10.2. The summed E-state index contributed by atoms with van der Waals surface area (Å²) < 4.78 is 7.30. The molecule has 0 saturated carbocycles. The van der Waals surface area contributed by atoms with Gasteiger partial charge in [0.1, 0.15) is 28.7 Å². The van der Waals surface area contributed by atoms with Gasteiger partial charge in [-0.15, -0.1) is 0 Å². The first-order valence-electron chi connectivity index (χ1n) is 10.2. The molecule has 0 spiro atoms. The molecule has 9 heteroatoms. The topological polar surface area (TPSA) is 168 Å². The van der Waals surface area contributed by atoms with Crippen LogP contribution in [-0.4, -0.2) is 27.3 Å². The molecule has 34 heavy (non-hydrogen) atoms. The normalized spacial score (nSPS) is 10.7. The zero-order valence-corrected chi connectivity index (χ0v) is 17.9. The number of hydrogen-bond acceptors (Lipinski definition) is 5. The van der Waals surface area contributed by atoms with Crippen molar-refractivity contribution in [2.75, 3.05) is 0 Å². The van der Waals surface area contributed by atoms with E-state index < -0.39 is 11.5 Å². The summed E-state index contributed by atoms with van der Waals surface area (Å²) in [4.78, 5) is 24.7. The van der Waals surface area contributed by atoms with Crippen molar-refractivity contribution in [1.82, 2.24) is 4.57 Å². The largest absolute Gasteiger partial charge is 0.477 e. The van der Waals surface area contributed by atoms with Crippen molar-refractivity contribution in [3.8, 4) is 11.5 Å². The molecule has 9 nitrogen and oxygen atoms in total. The highest BCUT2D eigenvalue weighted by atomic mass is 16.5. The molecule has 0 saturated heterocycles. The number of amidine groups is 2. The van der Waals surface area contributed by atoms with Crippen LogP contribution >= 0.6 is 0 Å². The predicted molar refractivity (Wildman–Crippen MR) is 129 cm³/mol. The molecule has 1 heterocycles. The molecule has 0 atom stereocenters. The molecule has 0 aliphatic rings. The zero-order chi connectivity index (χ0) is 24.4. The van der Waals surface area contributed by atoms with E-state index in [2.05, 4.69) is 0 Å². The number of fused-ring (bicyclic) bond motifs is 1. The van der Waals surface area contributed by atoms with Gasteiger partial charge in [0.15, 0.2) is 0 Å². The fourth-order valence-electron chi connectivity index (χ4n) is 3.56. The fourth-order valence-corrected chi connectivity index (χ4v) is 3.56. The Morgan fingerprint density at radius 2 is 1.56 bits per heavy atom. The standard InChI is InChI=1S/C25H21N5O4/c26-22(27)15-6-4-14(5-7-15)13-30-21-12-19(34-18-3-1-2-17(10-18)23(28)29)9-8-16(21)11-20(24(30)31)25(32)33/h1-12H,13H2,(H3,26,27)(H3,28,29)(H,32,33). The molecule has 3 aromatic carbocycles. The van der Waals surface area contributed by atoms with E-state index in [0.717, 1.165) is 5.56 Å². The Balaban J connectivity index is 1.80. The number of benzene rings is 3. The molecule has 0 aliphatic heterocycles. The third kappa shape index (κ3) is 4.49. The Hall–Kier alpha value is -4.92. The lowest BCUT2D eigenvalue weighted by molar-refractivity contribution is 0.0694. The minimum absolute atomic E-state index is 0.0716. The highest BCUT2D eigenvalue weighted by molar-refractivity contribution is 5.96. The van der Waals surface area contributed by atoms with Crippen molar-refractivity contribution in [3.63, 3.8) is 0 Å². The van der Waals surface area contributed by atoms with E-state index in [4.69, 9.17) is 27.0 Å². The van der Waals surface area contributed by atoms with Crippen molar-refractivity contribution >= 4 is 28.5 Å². The molecule has 7 N–H and O–H groups in total. The highest BCUT2D eigenvalue weighted by Gasteiger charge is 2.16. The molecular formula is C25H21N5O4. The van der Waals surface area contributed by atoms with E-state index in [1.165, 1.54) is 10.6 Å². The molecule has 170 valence electrons. The molecule has 0 bridgehead atoms. The second-order valence-corrected chi connectivity index (χ2v) is 7.63. The van der Waals surface area contributed by atoms with Crippen LogP contribution in [-0.2, 0) is 6.54 Å². The maximum absolute atomic E-state index is 13.0. The Kier molecular flexibility index (Phi) is 5.84. The summed E-state index contributed by atoms with van der Waals surface area (Å²) in [7, 11) is 0. The molecule has 0 fully saturated rings. The monoisotopic (exact) mass is 455 g/mol. The van der Waals surface area contributed by atoms with Crippen LogP contribution in [0.3, 0.4) is 0 Å². The van der Waals surface area contributed by atoms with Crippen LogP contribution in [0, 0.1) is 10.8 Å². The number of carbonyl (C=O) groups is 1. The smallest absolute Gasteiger partial charge is 0.341 e. The number of nitrogens with zero attached hydrogens (tertiary/aromatic N) is 1. The first-order chi connectivity index (χ1) is 16.2. The van der Waals surface area contributed by atoms with E-state index in [9.17, 15) is 14.7 Å². The first kappa shape index (κ1) is 22.3. The number of carboxylic acid groups (broad SMARTS) is 1. The van der Waals surface area contributed by atoms with Crippen LogP contribution in [0.25, 0.3) is 10.9 Å². The van der Waals surface area contributed by atoms with Gasteiger partial charge in [0.25, 0.3) is 5.56 Å². The predicted octanol–water partition coefficient (Wildman–Crippen LogP) is 3.11. The molecule has 0 amide bonds. The van der Waals surface area contributed by atoms with Crippen molar-refractivity contribution in [3.05, 3.63) is 105 Å². The molecule has 0 radical (unpaired) electrons. The van der Waals surface area contributed by atoms with Gasteiger partial charge in [0, 0.05) is 17.2 Å². The summed E-state index contributed by atoms with van der Waals surface area (Å²) >= 11 is 0. The van der Waals surface area contributed by atoms with Crippen LogP contribution in [0.4, 0.5) is 0 Å². The number of carboxylic acids is 1. The minimum Gasteiger partial charge on any atom is -0.477 e. The van der Waals surface area contributed by atoms with Gasteiger partial charge < -0.3 is 25.9 Å². The van der Waals surface area contributed by atoms with Gasteiger partial charge in [0.2, 0.25) is 0 Å². The number of nitrogens with two attached hydrogens (primary N) is 2. The summed E-state index contributed by atoms with van der Waals surface area (Å²) in [5, 5.41) is 25.2. The lowest BCUT2D eigenvalue weighted by Gasteiger charge is -2.14. The van der Waals surface area contributed by atoms with Gasteiger partial charge in [-0.25, -0.2) is 4.79 Å². The molecule has 0 aliphatic carbocycles. The fraction of sp³-hybridized carbons (Fsp3) is 0.0400. The van der Waals surface area contributed by atoms with Crippen molar-refractivity contribution in [2.45, 2.75) is 6.54 Å². The van der Waals surface area contributed by atoms with Crippen molar-refractivity contribution in [2.24, 2.45) is 11.5 Å². The molecule has 0 unspecified atom stereocenters. The maximum Gasteiger partial charge on any atom is 0.341 e. The van der Waals surface area contributed by atoms with Crippen LogP contribution in [0.5, 0.6) is 11.5 Å². The number of nitrogen functional groups attached to an aromatic ring is 2. The Labute approximate surface area is 193 Å². The van der Waals surface area contributed by atoms with Gasteiger partial charge in [-0.2, -0.15) is 0 Å². The lowest BCUT2D eigenvalue weighted by atomic mass is 10.1. The SMILES string of the molecule is N=C(N)c1ccc(Cn2c(=O)c(C(=O)O)cc3ccc(Oc4cccc(C(=N)N)c4)cc32)cc1. The Morgan fingerprint density at radius 3 is 2.21 bits per heavy atom. The van der Waals surface area contributed by atoms with E-state index >= 15 is 0 Å². The van der Waals surface area contributed by atoms with Gasteiger partial charge in [-0.05, 0) is 41.3 Å². The summed E-state index contributed by atoms with van der Waals surface area (Å²) in [6.07, 6.45) is 0. The summed E-state index contributed by atoms with van der Waals surface area (Å²) in [5.41, 5.74) is 12.3. The molecule has 4 aromatic rings. The number of rotatable bonds is 7. The number of hydrogen-bond donors (Lipinski definition) is 5. The quantitative estimate of drug-likeness (QED) is 0.212. The summed E-state index contributed by atoms with van der Waals surface area (Å²) in [6.45, 7) is 0.109. The van der Waals surface area contributed by atoms with E-state index in [0.29, 0.717) is 33.5 Å². The second kappa shape index (κ2) is 8.91. The number of aromatic nitrogens is 1. The second-order valence-electron chi connectivity index (χ2n) is 7.63. The average molecular weight is 455 g/mol. The lowest BCUT2D eigenvalue weighted by Crippen LogP contribution is -2.27. The van der Waals surface area contributed by atoms with Crippen LogP contribution in [0.1, 0.15) is 27.0 Å². The van der Waals surface area contributed by atoms with E-state index in [1.807, 2.05) is 0 Å². The van der Waals surface area contributed by atoms with E-state index in [-0.39, 0.29) is 23.8 Å². The highest BCUT2D eigenvalue weighted by Crippen LogP contribution is 2.27. The van der Waals surface area contributed by atoms with Crippen molar-refractivity contribution in [1.29, 1.82) is 10.8 Å². The Morgan fingerprint density at radius 1 is 0.882 bits per heavy atom. The Bertz CT molecular complexity index is 1510. The third-order valence-corrected chi connectivity index (χ3v) is 5.28. The van der Waals surface area contributed by atoms with Gasteiger partial charge >= 0.3 is 5.97 Å². The molecular weight excluding hydrogens is 434 g/mol. The summed E-state index contributed by atoms with van der Waals surface area (Å²) in [5.74, 6) is -0.583. The molecule has 1 aromatic heterocycles. The number of aromatic carboxylic acids is 1. The van der Waals surface area contributed by atoms with Gasteiger partial charge in [0.05, 0.1) is 12.1 Å². The van der Waals surface area contributed by atoms with E-state index in [1.54, 1.807) is 66.7 Å². The summed E-state index contributed by atoms with van der Waals surface area (Å²) in [6, 6.07) is 19.9. The zero-order valence-electron chi connectivity index (χ0n) is 17.9. The van der Waals surface area contributed by atoms with Crippen LogP contribution in [0.15, 0.2) is 77.6 Å². The molecule has 4 rings (SSSR count). The van der Waals surface area contributed by atoms with Gasteiger partial charge in [-0.1, -0.05) is 36.4 Å². The number of pyridine rings is 1. The van der Waals surface area contributed by atoms with Gasteiger partial charge in [-0.3, -0.25) is 15.6 Å². The maximum atomic E-state index is 13.0. The third-order valence-electron chi connectivity index (χ3n) is 5.28.